The summed E-state index contributed by atoms with van der Waals surface area (Å²) in [7, 11) is 0. The minimum atomic E-state index is -0.387. The second-order valence-electron chi connectivity index (χ2n) is 4.02. The fourth-order valence-electron chi connectivity index (χ4n) is 0.993. The van der Waals surface area contributed by atoms with Crippen LogP contribution in [0.1, 0.15) is 20.8 Å². The number of hydrogen-bond donors (Lipinski definition) is 0. The Balaban J connectivity index is 2.71. The van der Waals surface area contributed by atoms with Crippen molar-refractivity contribution in [2.75, 3.05) is 0 Å². The number of fused-ring (bicyclic) bond motifs is 1. The van der Waals surface area contributed by atoms with Gasteiger partial charge in [0.15, 0.2) is 0 Å². The maximum atomic E-state index is 11.2. The van der Waals surface area contributed by atoms with Crippen molar-refractivity contribution >= 4 is 11.3 Å². The molecule has 2 aromatic heterocycles. The Morgan fingerprint density at radius 3 is 2.47 bits per heavy atom. The van der Waals surface area contributed by atoms with E-state index in [0.717, 1.165) is 0 Å². The van der Waals surface area contributed by atoms with Gasteiger partial charge in [0.2, 0.25) is 0 Å². The minimum absolute atomic E-state index is 0.0232. The first-order valence-electron chi connectivity index (χ1n) is 4.23. The van der Waals surface area contributed by atoms with E-state index in [1.807, 2.05) is 20.8 Å². The van der Waals surface area contributed by atoms with Crippen molar-refractivity contribution in [1.82, 2.24) is 25.3 Å². The number of hydrogen-bond acceptors (Lipinski definition) is 6. The standard InChI is InChI=1S/C6H9N7O2/c1-6(2,3)12-7-4-5(9-12)11(14)10-13(15)8-4/h1-3H3. The Hall–Kier alpha value is -2.06. The first-order chi connectivity index (χ1) is 6.88. The van der Waals surface area contributed by atoms with E-state index in [9.17, 15) is 10.4 Å². The Kier molecular flexibility index (Phi) is 1.72. The zero-order valence-corrected chi connectivity index (χ0v) is 8.45. The zero-order chi connectivity index (χ0) is 11.2. The molecule has 0 amide bonds. The van der Waals surface area contributed by atoms with Gasteiger partial charge in [0.25, 0.3) is 0 Å². The molecule has 0 bridgehead atoms. The fraction of sp³-hybridized carbons (Fsp3) is 0.667. The average molecular weight is 211 g/mol. The van der Waals surface area contributed by atoms with E-state index in [1.165, 1.54) is 4.80 Å². The largest absolute Gasteiger partial charge is 0.588 e. The molecule has 2 heterocycles. The molecule has 0 saturated heterocycles. The lowest BCUT2D eigenvalue weighted by atomic mass is 10.1. The Morgan fingerprint density at radius 1 is 1.20 bits per heavy atom. The molecule has 0 unspecified atom stereocenters. The molecule has 0 aromatic carbocycles. The van der Waals surface area contributed by atoms with Gasteiger partial charge in [-0.15, -0.1) is 5.10 Å². The van der Waals surface area contributed by atoms with E-state index < -0.39 is 0 Å². The quantitative estimate of drug-likeness (QED) is 0.377. The third-order valence-electron chi connectivity index (χ3n) is 1.70. The molecule has 9 nitrogen and oxygen atoms in total. The SMILES string of the molecule is CC(C)(C)n1nc2n[n+]([O-])n[n+]([O-])c2n1. The van der Waals surface area contributed by atoms with Crippen molar-refractivity contribution in [3.63, 3.8) is 0 Å². The van der Waals surface area contributed by atoms with Gasteiger partial charge in [-0.3, -0.25) is 0 Å². The van der Waals surface area contributed by atoms with Crippen LogP contribution in [-0.4, -0.2) is 25.3 Å². The molecule has 15 heavy (non-hydrogen) atoms. The van der Waals surface area contributed by atoms with Crippen LogP contribution in [0.4, 0.5) is 0 Å². The average Bonchev–Trinajstić information content (AvgIpc) is 2.46. The van der Waals surface area contributed by atoms with E-state index in [0.29, 0.717) is 0 Å². The van der Waals surface area contributed by atoms with Crippen LogP contribution < -0.4 is 9.80 Å². The monoisotopic (exact) mass is 211 g/mol. The van der Waals surface area contributed by atoms with Crippen LogP contribution in [0.15, 0.2) is 0 Å². The molecule has 0 radical (unpaired) electrons. The Labute approximate surface area is 84.1 Å². The van der Waals surface area contributed by atoms with Crippen molar-refractivity contribution in [2.45, 2.75) is 26.3 Å². The topological polar surface area (TPSA) is 110 Å². The summed E-state index contributed by atoms with van der Waals surface area (Å²) in [4.78, 5) is 1.34. The highest BCUT2D eigenvalue weighted by atomic mass is 16.6. The fourth-order valence-corrected chi connectivity index (χ4v) is 0.993. The van der Waals surface area contributed by atoms with Crippen molar-refractivity contribution < 1.29 is 9.80 Å². The van der Waals surface area contributed by atoms with Gasteiger partial charge in [-0.25, -0.2) is 0 Å². The molecule has 0 spiro atoms. The van der Waals surface area contributed by atoms with Crippen LogP contribution in [0, 0.1) is 10.4 Å². The van der Waals surface area contributed by atoms with Crippen LogP contribution in [-0.2, 0) is 5.54 Å². The van der Waals surface area contributed by atoms with Gasteiger partial charge < -0.3 is 10.4 Å². The van der Waals surface area contributed by atoms with Crippen LogP contribution in [0.25, 0.3) is 11.3 Å². The molecular formula is C6H9N7O2. The third-order valence-corrected chi connectivity index (χ3v) is 1.70. The van der Waals surface area contributed by atoms with Crippen LogP contribution >= 0.6 is 0 Å². The van der Waals surface area contributed by atoms with Crippen molar-refractivity contribution in [1.29, 1.82) is 0 Å². The Morgan fingerprint density at radius 2 is 1.87 bits per heavy atom. The predicted molar refractivity (Wildman–Crippen MR) is 46.0 cm³/mol. The third kappa shape index (κ3) is 1.51. The first kappa shape index (κ1) is 9.49. The maximum Gasteiger partial charge on any atom is 0.417 e. The van der Waals surface area contributed by atoms with Gasteiger partial charge in [0, 0.05) is 4.85 Å². The van der Waals surface area contributed by atoms with E-state index >= 15 is 0 Å². The summed E-state index contributed by atoms with van der Waals surface area (Å²) in [5.41, 5.74) is -0.483. The highest BCUT2D eigenvalue weighted by Gasteiger charge is 2.25. The van der Waals surface area contributed by atoms with Crippen molar-refractivity contribution in [3.05, 3.63) is 10.4 Å². The lowest BCUT2D eigenvalue weighted by Crippen LogP contribution is -2.50. The highest BCUT2D eigenvalue weighted by Crippen LogP contribution is 2.11. The number of rotatable bonds is 0. The van der Waals surface area contributed by atoms with Crippen LogP contribution in [0.5, 0.6) is 0 Å². The lowest BCUT2D eigenvalue weighted by molar-refractivity contribution is -0.864. The zero-order valence-electron chi connectivity index (χ0n) is 8.45. The van der Waals surface area contributed by atoms with Crippen LogP contribution in [0.2, 0.25) is 0 Å². The summed E-state index contributed by atoms with van der Waals surface area (Å²) in [6.45, 7) is 5.58. The van der Waals surface area contributed by atoms with Gasteiger partial charge in [0.1, 0.15) is 4.96 Å². The Bertz CT molecular complexity index is 514. The summed E-state index contributed by atoms with van der Waals surface area (Å²) >= 11 is 0. The number of nitrogens with zero attached hydrogens (tertiary/aromatic N) is 7. The summed E-state index contributed by atoms with van der Waals surface area (Å²) in [5, 5.41) is 36.1. The van der Waals surface area contributed by atoms with Gasteiger partial charge in [-0.2, -0.15) is 4.80 Å². The molecule has 9 heteroatoms. The maximum absolute atomic E-state index is 11.2. The summed E-state index contributed by atoms with van der Waals surface area (Å²) in [6, 6.07) is 0. The van der Waals surface area contributed by atoms with Gasteiger partial charge >= 0.3 is 16.5 Å². The molecule has 0 N–H and O–H groups in total. The minimum Gasteiger partial charge on any atom is -0.588 e. The first-order valence-corrected chi connectivity index (χ1v) is 4.23. The molecule has 0 saturated carbocycles. The molecule has 2 rings (SSSR count). The second-order valence-corrected chi connectivity index (χ2v) is 4.02. The van der Waals surface area contributed by atoms with Crippen molar-refractivity contribution in [2.24, 2.45) is 0 Å². The molecular weight excluding hydrogens is 202 g/mol. The van der Waals surface area contributed by atoms with Crippen LogP contribution in [0.3, 0.4) is 0 Å². The molecule has 80 valence electrons. The summed E-state index contributed by atoms with van der Waals surface area (Å²) in [5.74, 6) is 0. The van der Waals surface area contributed by atoms with Gasteiger partial charge in [-0.05, 0) is 20.8 Å². The van der Waals surface area contributed by atoms with E-state index in [2.05, 4.69) is 20.5 Å². The van der Waals surface area contributed by atoms with Crippen molar-refractivity contribution in [3.8, 4) is 0 Å². The van der Waals surface area contributed by atoms with E-state index in [1.54, 1.807) is 0 Å². The smallest absolute Gasteiger partial charge is 0.417 e. The molecule has 2 aromatic rings. The molecule has 0 aliphatic heterocycles. The van der Waals surface area contributed by atoms with E-state index in [-0.39, 0.29) is 26.6 Å². The lowest BCUT2D eigenvalue weighted by Gasteiger charge is -2.15. The molecule has 0 aliphatic carbocycles. The highest BCUT2D eigenvalue weighted by molar-refractivity contribution is 5.57. The summed E-state index contributed by atoms with van der Waals surface area (Å²) in [6.07, 6.45) is 0. The normalized spacial score (nSPS) is 12.2. The van der Waals surface area contributed by atoms with E-state index in [4.69, 9.17) is 0 Å². The predicted octanol–water partition coefficient (Wildman–Crippen LogP) is -1.76. The van der Waals surface area contributed by atoms with Gasteiger partial charge in [0.05, 0.1) is 10.6 Å². The molecule has 0 atom stereocenters. The summed E-state index contributed by atoms with van der Waals surface area (Å²) < 4.78 is 0. The molecule has 0 aliphatic rings. The number of aromatic nitrogens is 7. The molecule has 0 fully saturated rings. The van der Waals surface area contributed by atoms with Gasteiger partial charge in [-0.1, -0.05) is 5.10 Å². The second kappa shape index (κ2) is 2.72.